The van der Waals surface area contributed by atoms with Crippen molar-refractivity contribution in [1.29, 1.82) is 0 Å². The molecular formula is C14H23N3OS. The van der Waals surface area contributed by atoms with Crippen molar-refractivity contribution in [3.8, 4) is 0 Å². The first-order chi connectivity index (χ1) is 9.15. The number of aromatic nitrogens is 1. The van der Waals surface area contributed by atoms with Gasteiger partial charge in [0.1, 0.15) is 0 Å². The molecule has 0 bridgehead atoms. The Balaban J connectivity index is 1.67. The van der Waals surface area contributed by atoms with Crippen LogP contribution in [0.25, 0.3) is 0 Å². The monoisotopic (exact) mass is 281 g/mol. The summed E-state index contributed by atoms with van der Waals surface area (Å²) in [6.45, 7) is 5.01. The molecule has 2 N–H and O–H groups in total. The van der Waals surface area contributed by atoms with Crippen molar-refractivity contribution >= 4 is 17.4 Å². The number of hydrogen-bond acceptors (Lipinski definition) is 3. The van der Waals surface area contributed by atoms with E-state index in [4.69, 9.17) is 0 Å². The summed E-state index contributed by atoms with van der Waals surface area (Å²) in [6, 6.07) is 0.314. The van der Waals surface area contributed by atoms with Crippen molar-refractivity contribution in [1.82, 2.24) is 15.6 Å². The average Bonchev–Trinajstić information content (AvgIpc) is 2.93. The number of amides is 2. The van der Waals surface area contributed by atoms with Crippen molar-refractivity contribution < 1.29 is 4.79 Å². The molecule has 5 heteroatoms. The van der Waals surface area contributed by atoms with Crippen LogP contribution in [0.15, 0.2) is 11.6 Å². The van der Waals surface area contributed by atoms with Crippen LogP contribution in [0.5, 0.6) is 0 Å². The van der Waals surface area contributed by atoms with Gasteiger partial charge in [-0.15, -0.1) is 11.3 Å². The molecule has 1 aromatic rings. The summed E-state index contributed by atoms with van der Waals surface area (Å²) in [5, 5.41) is 9.06. The number of carbonyl (C=O) groups excluding carboxylic acids is 1. The lowest BCUT2D eigenvalue weighted by Crippen LogP contribution is -2.44. The van der Waals surface area contributed by atoms with Gasteiger partial charge >= 0.3 is 6.03 Å². The minimum Gasteiger partial charge on any atom is -0.337 e. The third-order valence-corrected chi connectivity index (χ3v) is 4.80. The van der Waals surface area contributed by atoms with E-state index in [9.17, 15) is 4.79 Å². The number of carbonyl (C=O) groups is 1. The van der Waals surface area contributed by atoms with Crippen LogP contribution in [0, 0.1) is 5.92 Å². The second-order valence-electron chi connectivity index (χ2n) is 5.58. The average molecular weight is 281 g/mol. The van der Waals surface area contributed by atoms with Gasteiger partial charge in [-0.05, 0) is 31.6 Å². The molecule has 2 rings (SSSR count). The highest BCUT2D eigenvalue weighted by Gasteiger charge is 2.19. The van der Waals surface area contributed by atoms with Crippen molar-refractivity contribution in [3.05, 3.63) is 16.6 Å². The van der Waals surface area contributed by atoms with E-state index in [0.717, 1.165) is 23.8 Å². The Morgan fingerprint density at radius 1 is 1.47 bits per heavy atom. The predicted octanol–water partition coefficient (Wildman–Crippen LogP) is 3.12. The molecule has 0 unspecified atom stereocenters. The molecule has 0 radical (unpaired) electrons. The highest BCUT2D eigenvalue weighted by atomic mass is 32.1. The zero-order valence-electron chi connectivity index (χ0n) is 11.7. The second-order valence-corrected chi connectivity index (χ2v) is 6.51. The SMILES string of the molecule is CC1CCC(NC(=O)NC[C@H](C)c2nccs2)CC1. The van der Waals surface area contributed by atoms with Crippen molar-refractivity contribution in [2.45, 2.75) is 51.5 Å². The van der Waals surface area contributed by atoms with Gasteiger partial charge in [-0.3, -0.25) is 0 Å². The molecule has 0 aliphatic heterocycles. The van der Waals surface area contributed by atoms with Gasteiger partial charge in [-0.1, -0.05) is 13.8 Å². The Kier molecular flexibility index (Phi) is 5.19. The van der Waals surface area contributed by atoms with Crippen LogP contribution in [-0.4, -0.2) is 23.6 Å². The molecule has 0 saturated heterocycles. The molecule has 2 amide bonds. The molecule has 1 aliphatic carbocycles. The van der Waals surface area contributed by atoms with Gasteiger partial charge in [0.2, 0.25) is 0 Å². The Bertz CT molecular complexity index is 385. The normalized spacial score (nSPS) is 24.7. The number of rotatable bonds is 4. The lowest BCUT2D eigenvalue weighted by Gasteiger charge is -2.27. The predicted molar refractivity (Wildman–Crippen MR) is 78.5 cm³/mol. The Labute approximate surface area is 119 Å². The summed E-state index contributed by atoms with van der Waals surface area (Å²) in [7, 11) is 0. The molecule has 1 aliphatic rings. The molecule has 19 heavy (non-hydrogen) atoms. The van der Waals surface area contributed by atoms with Crippen LogP contribution in [0.4, 0.5) is 4.79 Å². The Hall–Kier alpha value is -1.10. The molecular weight excluding hydrogens is 258 g/mol. The first kappa shape index (κ1) is 14.3. The summed E-state index contributed by atoms with van der Waals surface area (Å²) >= 11 is 1.64. The number of nitrogens with one attached hydrogen (secondary N) is 2. The maximum absolute atomic E-state index is 11.8. The molecule has 0 aromatic carbocycles. The standard InChI is InChI=1S/C14H23N3OS/c1-10-3-5-12(6-4-10)17-14(18)16-9-11(2)13-15-7-8-19-13/h7-8,10-12H,3-6,9H2,1-2H3,(H2,16,17,18)/t10?,11-,12?/m0/s1. The fourth-order valence-corrected chi connectivity index (χ4v) is 3.15. The largest absolute Gasteiger partial charge is 0.337 e. The fraction of sp³-hybridized carbons (Fsp3) is 0.714. The van der Waals surface area contributed by atoms with E-state index in [1.807, 2.05) is 5.38 Å². The number of thiazole rings is 1. The van der Waals surface area contributed by atoms with Gasteiger partial charge in [0.15, 0.2) is 0 Å². The summed E-state index contributed by atoms with van der Waals surface area (Å²) in [6.07, 6.45) is 6.47. The molecule has 4 nitrogen and oxygen atoms in total. The van der Waals surface area contributed by atoms with E-state index in [1.54, 1.807) is 17.5 Å². The highest BCUT2D eigenvalue weighted by Crippen LogP contribution is 2.23. The molecule has 1 saturated carbocycles. The third-order valence-electron chi connectivity index (χ3n) is 3.79. The highest BCUT2D eigenvalue weighted by molar-refractivity contribution is 7.09. The van der Waals surface area contributed by atoms with Crippen molar-refractivity contribution in [2.24, 2.45) is 5.92 Å². The molecule has 0 spiro atoms. The van der Waals surface area contributed by atoms with Gasteiger partial charge in [0.05, 0.1) is 5.01 Å². The van der Waals surface area contributed by atoms with E-state index < -0.39 is 0 Å². The first-order valence-electron chi connectivity index (χ1n) is 7.09. The number of nitrogens with zero attached hydrogens (tertiary/aromatic N) is 1. The van der Waals surface area contributed by atoms with E-state index in [1.165, 1.54) is 12.8 Å². The van der Waals surface area contributed by atoms with Crippen LogP contribution in [0.2, 0.25) is 0 Å². The van der Waals surface area contributed by atoms with Gasteiger partial charge in [0, 0.05) is 30.1 Å². The van der Waals surface area contributed by atoms with Crippen LogP contribution in [0.3, 0.4) is 0 Å². The topological polar surface area (TPSA) is 54.0 Å². The molecule has 1 aromatic heterocycles. The smallest absolute Gasteiger partial charge is 0.315 e. The Morgan fingerprint density at radius 2 is 2.21 bits per heavy atom. The van der Waals surface area contributed by atoms with E-state index in [0.29, 0.717) is 12.6 Å². The minimum absolute atomic E-state index is 0.0389. The van der Waals surface area contributed by atoms with Crippen molar-refractivity contribution in [2.75, 3.05) is 6.54 Å². The molecule has 1 atom stereocenters. The maximum atomic E-state index is 11.8. The number of hydrogen-bond donors (Lipinski definition) is 2. The summed E-state index contributed by atoms with van der Waals surface area (Å²) in [5.41, 5.74) is 0. The van der Waals surface area contributed by atoms with E-state index >= 15 is 0 Å². The summed E-state index contributed by atoms with van der Waals surface area (Å²) in [5.74, 6) is 1.09. The number of urea groups is 1. The van der Waals surface area contributed by atoms with Crippen LogP contribution in [-0.2, 0) is 0 Å². The summed E-state index contributed by atoms with van der Waals surface area (Å²) < 4.78 is 0. The quantitative estimate of drug-likeness (QED) is 0.891. The van der Waals surface area contributed by atoms with Gasteiger partial charge in [-0.25, -0.2) is 9.78 Å². The van der Waals surface area contributed by atoms with E-state index in [-0.39, 0.29) is 11.9 Å². The van der Waals surface area contributed by atoms with Gasteiger partial charge in [0.25, 0.3) is 0 Å². The minimum atomic E-state index is -0.0389. The van der Waals surface area contributed by atoms with Crippen LogP contribution in [0.1, 0.15) is 50.5 Å². The van der Waals surface area contributed by atoms with Crippen LogP contribution < -0.4 is 10.6 Å². The van der Waals surface area contributed by atoms with Crippen molar-refractivity contribution in [3.63, 3.8) is 0 Å². The first-order valence-corrected chi connectivity index (χ1v) is 7.97. The van der Waals surface area contributed by atoms with E-state index in [2.05, 4.69) is 29.5 Å². The third kappa shape index (κ3) is 4.49. The maximum Gasteiger partial charge on any atom is 0.315 e. The fourth-order valence-electron chi connectivity index (χ4n) is 2.45. The zero-order chi connectivity index (χ0) is 13.7. The lowest BCUT2D eigenvalue weighted by molar-refractivity contribution is 0.228. The molecule has 1 heterocycles. The second kappa shape index (κ2) is 6.89. The van der Waals surface area contributed by atoms with Crippen LogP contribution >= 0.6 is 11.3 Å². The lowest BCUT2D eigenvalue weighted by atomic mass is 9.87. The molecule has 106 valence electrons. The summed E-state index contributed by atoms with van der Waals surface area (Å²) in [4.78, 5) is 16.1. The van der Waals surface area contributed by atoms with Gasteiger partial charge in [-0.2, -0.15) is 0 Å². The zero-order valence-corrected chi connectivity index (χ0v) is 12.5. The van der Waals surface area contributed by atoms with Gasteiger partial charge < -0.3 is 10.6 Å². The molecule has 1 fully saturated rings. The Morgan fingerprint density at radius 3 is 2.84 bits per heavy atom.